The predicted molar refractivity (Wildman–Crippen MR) is 255 cm³/mol. The van der Waals surface area contributed by atoms with Crippen LogP contribution in [0, 0.1) is 10.8 Å². The number of carbonyl (C=O) groups is 7. The van der Waals surface area contributed by atoms with E-state index in [1.165, 1.54) is 0 Å². The van der Waals surface area contributed by atoms with Gasteiger partial charge in [0, 0.05) is 112 Å². The Morgan fingerprint density at radius 2 is 0.735 bits per heavy atom. The molecule has 0 atom stereocenters. The fourth-order valence-corrected chi connectivity index (χ4v) is 7.38. The predicted octanol–water partition coefficient (Wildman–Crippen LogP) is 4.74. The van der Waals surface area contributed by atoms with Gasteiger partial charge >= 0.3 is 35.8 Å². The summed E-state index contributed by atoms with van der Waals surface area (Å²) in [5.74, 6) is -3.42. The van der Waals surface area contributed by atoms with E-state index in [2.05, 4.69) is 45.9 Å². The minimum Gasteiger partial charge on any atom is -0.465 e. The van der Waals surface area contributed by atoms with Crippen molar-refractivity contribution >= 4 is 53.0 Å². The summed E-state index contributed by atoms with van der Waals surface area (Å²) in [5.41, 5.74) is 1.35. The number of benzene rings is 2. The zero-order valence-corrected chi connectivity index (χ0v) is 39.5. The quantitative estimate of drug-likeness (QED) is 0.0492. The van der Waals surface area contributed by atoms with Gasteiger partial charge in [-0.05, 0) is 61.4 Å². The normalized spacial score (nSPS) is 14.4. The Kier molecular flexibility index (Phi) is 21.7. The molecule has 0 bridgehead atoms. The summed E-state index contributed by atoms with van der Waals surface area (Å²) >= 11 is 0. The lowest BCUT2D eigenvalue weighted by molar-refractivity contribution is -0.161. The molecule has 2 heterocycles. The lowest BCUT2D eigenvalue weighted by atomic mass is 9.88. The van der Waals surface area contributed by atoms with E-state index >= 15 is 0 Å². The van der Waals surface area contributed by atoms with Crippen LogP contribution in [-0.2, 0) is 57.2 Å². The molecule has 2 aromatic rings. The monoisotopic (exact) mass is 942 g/mol. The summed E-state index contributed by atoms with van der Waals surface area (Å²) in [7, 11) is 0. The van der Waals surface area contributed by atoms with Crippen molar-refractivity contribution in [3.8, 4) is 0 Å². The van der Waals surface area contributed by atoms with Crippen LogP contribution in [0.3, 0.4) is 0 Å². The smallest absolute Gasteiger partial charge is 0.330 e. The first-order valence-corrected chi connectivity index (χ1v) is 22.9. The number of anilines is 2. The molecule has 4 rings (SSSR count). The zero-order valence-electron chi connectivity index (χ0n) is 39.5. The topological polar surface area (TPSA) is 188 Å². The average Bonchev–Trinajstić information content (AvgIpc) is 3.39. The van der Waals surface area contributed by atoms with Gasteiger partial charge in [-0.1, -0.05) is 40.2 Å². The van der Waals surface area contributed by atoms with E-state index in [1.54, 1.807) is 0 Å². The molecule has 0 N–H and O–H groups in total. The third-order valence-electron chi connectivity index (χ3n) is 12.3. The molecular formula is C51H66N4O13. The fourth-order valence-electron chi connectivity index (χ4n) is 7.38. The number of rotatable bonds is 28. The van der Waals surface area contributed by atoms with Crippen molar-refractivity contribution < 1.29 is 62.0 Å². The number of nitrogens with zero attached hydrogens (tertiary/aromatic N) is 4. The van der Waals surface area contributed by atoms with Crippen LogP contribution >= 0.6 is 0 Å². The fraction of sp³-hybridized carbons (Fsp3) is 0.471. The Labute approximate surface area is 399 Å². The number of ketones is 1. The summed E-state index contributed by atoms with van der Waals surface area (Å²) in [6.45, 7) is 23.5. The number of hydrogen-bond donors (Lipinski definition) is 0. The van der Waals surface area contributed by atoms with Crippen LogP contribution in [0.4, 0.5) is 11.4 Å². The largest absolute Gasteiger partial charge is 0.465 e. The van der Waals surface area contributed by atoms with E-state index in [-0.39, 0.29) is 58.3 Å². The average molecular weight is 943 g/mol. The first-order valence-electron chi connectivity index (χ1n) is 22.9. The second kappa shape index (κ2) is 27.3. The molecule has 68 heavy (non-hydrogen) atoms. The number of esters is 6. The van der Waals surface area contributed by atoms with E-state index in [0.717, 1.165) is 88.0 Å². The Bertz CT molecular complexity index is 1880. The van der Waals surface area contributed by atoms with Crippen molar-refractivity contribution in [3.63, 3.8) is 0 Å². The highest BCUT2D eigenvalue weighted by Crippen LogP contribution is 2.27. The molecule has 17 heteroatoms. The molecule has 17 nitrogen and oxygen atoms in total. The van der Waals surface area contributed by atoms with Gasteiger partial charge in [0.1, 0.15) is 39.6 Å². The van der Waals surface area contributed by atoms with Gasteiger partial charge in [0.05, 0.1) is 23.7 Å². The molecule has 0 unspecified atom stereocenters. The maximum absolute atomic E-state index is 13.5. The second-order valence-electron chi connectivity index (χ2n) is 16.9. The third kappa shape index (κ3) is 16.9. The van der Waals surface area contributed by atoms with Crippen LogP contribution in [0.5, 0.6) is 0 Å². The van der Waals surface area contributed by atoms with E-state index in [4.69, 9.17) is 28.4 Å². The summed E-state index contributed by atoms with van der Waals surface area (Å²) in [6, 6.07) is 15.2. The summed E-state index contributed by atoms with van der Waals surface area (Å²) < 4.78 is 32.1. The van der Waals surface area contributed by atoms with Gasteiger partial charge in [0.15, 0.2) is 5.78 Å². The Balaban J connectivity index is 1.17. The minimum atomic E-state index is -0.914. The van der Waals surface area contributed by atoms with E-state index in [1.807, 2.05) is 62.4 Å². The number of piperazine rings is 2. The first kappa shape index (κ1) is 54.0. The van der Waals surface area contributed by atoms with Crippen LogP contribution in [0.2, 0.25) is 0 Å². The summed E-state index contributed by atoms with van der Waals surface area (Å²) in [5, 5.41) is 0. The highest BCUT2D eigenvalue weighted by Gasteiger charge is 2.35. The van der Waals surface area contributed by atoms with Crippen LogP contribution in [-0.4, -0.2) is 156 Å². The van der Waals surface area contributed by atoms with Crippen molar-refractivity contribution in [2.45, 2.75) is 39.5 Å². The molecule has 368 valence electrons. The minimum absolute atomic E-state index is 0.0741. The first-order chi connectivity index (χ1) is 32.7. The van der Waals surface area contributed by atoms with Gasteiger partial charge in [-0.3, -0.25) is 24.2 Å². The zero-order chi connectivity index (χ0) is 49.5. The van der Waals surface area contributed by atoms with E-state index in [0.29, 0.717) is 37.1 Å². The molecule has 0 amide bonds. The summed E-state index contributed by atoms with van der Waals surface area (Å²) in [4.78, 5) is 94.8. The molecule has 0 aliphatic carbocycles. The SMILES string of the molecule is C=CC(=O)OCC(CC)(COC(=O)C=C)COC(=O)CCN1CCN(c2ccc(C(=O)c3ccc(N4CCN(CCC(=O)OCC(CC)(COC(=O)C=C)COC(=O)C=C)CC4)cc3)cc2)CC1. The highest BCUT2D eigenvalue weighted by molar-refractivity contribution is 6.09. The van der Waals surface area contributed by atoms with Crippen molar-refractivity contribution in [1.29, 1.82) is 0 Å². The summed E-state index contributed by atoms with van der Waals surface area (Å²) in [6.07, 6.45) is 5.30. The molecule has 0 saturated carbocycles. The second-order valence-corrected chi connectivity index (χ2v) is 16.9. The van der Waals surface area contributed by atoms with Crippen molar-refractivity contribution in [3.05, 3.63) is 110 Å². The maximum atomic E-state index is 13.5. The van der Waals surface area contributed by atoms with Gasteiger partial charge in [0.25, 0.3) is 0 Å². The number of hydrogen-bond acceptors (Lipinski definition) is 17. The van der Waals surface area contributed by atoms with Gasteiger partial charge in [-0.2, -0.15) is 0 Å². The number of ether oxygens (including phenoxy) is 6. The maximum Gasteiger partial charge on any atom is 0.330 e. The van der Waals surface area contributed by atoms with Crippen molar-refractivity contribution in [1.82, 2.24) is 9.80 Å². The van der Waals surface area contributed by atoms with Gasteiger partial charge in [0.2, 0.25) is 0 Å². The molecule has 2 fully saturated rings. The molecule has 2 saturated heterocycles. The van der Waals surface area contributed by atoms with E-state index in [9.17, 15) is 33.6 Å². The van der Waals surface area contributed by atoms with Crippen LogP contribution in [0.15, 0.2) is 99.2 Å². The Morgan fingerprint density at radius 3 is 1.00 bits per heavy atom. The molecule has 2 aliphatic rings. The molecule has 2 aliphatic heterocycles. The van der Waals surface area contributed by atoms with Gasteiger partial charge in [-0.15, -0.1) is 0 Å². The van der Waals surface area contributed by atoms with Crippen LogP contribution in [0.25, 0.3) is 0 Å². The molecule has 0 radical (unpaired) electrons. The van der Waals surface area contributed by atoms with Gasteiger partial charge < -0.3 is 38.2 Å². The van der Waals surface area contributed by atoms with Crippen LogP contribution < -0.4 is 9.80 Å². The highest BCUT2D eigenvalue weighted by atomic mass is 16.6. The lowest BCUT2D eigenvalue weighted by Crippen LogP contribution is -2.47. The van der Waals surface area contributed by atoms with Crippen molar-refractivity contribution in [2.75, 3.05) is 115 Å². The lowest BCUT2D eigenvalue weighted by Gasteiger charge is -2.36. The third-order valence-corrected chi connectivity index (χ3v) is 12.3. The Morgan fingerprint density at radius 1 is 0.456 bits per heavy atom. The van der Waals surface area contributed by atoms with Crippen molar-refractivity contribution in [2.24, 2.45) is 10.8 Å². The van der Waals surface area contributed by atoms with Gasteiger partial charge in [-0.25, -0.2) is 19.2 Å². The van der Waals surface area contributed by atoms with Crippen LogP contribution in [0.1, 0.15) is 55.5 Å². The van der Waals surface area contributed by atoms with E-state index < -0.39 is 46.6 Å². The molecular weight excluding hydrogens is 877 g/mol. The molecule has 0 spiro atoms. The Hall–Kier alpha value is -6.59. The molecule has 0 aromatic heterocycles. The number of carbonyl (C=O) groups excluding carboxylic acids is 7. The standard InChI is InChI=1S/C51H66N4O13/c1-7-43(56)63-33-50(11-5,34-64-44(57)8-2)37-67-47(60)21-23-52-25-29-54(30-26-52)41-17-13-39(14-18-41)49(62)40-15-19-42(20-16-40)55-31-27-53(28-32-55)24-22-48(61)68-38-51(12-6,35-65-45(58)9-3)36-66-46(59)10-4/h7-10,13-20H,1-4,11-12,21-38H2,5-6H3. The molecule has 2 aromatic carbocycles.